The van der Waals surface area contributed by atoms with Crippen molar-refractivity contribution in [2.45, 2.75) is 76.3 Å². The molecular formula is C21H31N3O2S. The quantitative estimate of drug-likeness (QED) is 0.615. The van der Waals surface area contributed by atoms with Crippen molar-refractivity contribution >= 4 is 17.9 Å². The molecule has 148 valence electrons. The number of nitrogens with two attached hydrogens (primary N) is 1. The number of hydrogen-bond acceptors (Lipinski definition) is 4. The molecule has 1 aromatic carbocycles. The highest BCUT2D eigenvalue weighted by molar-refractivity contribution is 7.99. The third kappa shape index (κ3) is 5.76. The summed E-state index contributed by atoms with van der Waals surface area (Å²) >= 11 is 1.79. The molecule has 1 heterocycles. The summed E-state index contributed by atoms with van der Waals surface area (Å²) in [6, 6.07) is 6.93. The van der Waals surface area contributed by atoms with Crippen LogP contribution < -0.4 is 5.73 Å². The number of nitrogens with zero attached hydrogens (tertiary/aromatic N) is 2. The van der Waals surface area contributed by atoms with Crippen LogP contribution in [-0.2, 0) is 11.2 Å². The molecule has 0 aliphatic heterocycles. The third-order valence-electron chi connectivity index (χ3n) is 4.23. The van der Waals surface area contributed by atoms with E-state index in [0.29, 0.717) is 25.0 Å². The zero-order valence-corrected chi connectivity index (χ0v) is 18.0. The van der Waals surface area contributed by atoms with Crippen molar-refractivity contribution in [2.75, 3.05) is 6.61 Å². The van der Waals surface area contributed by atoms with Gasteiger partial charge in [0.25, 0.3) is 0 Å². The van der Waals surface area contributed by atoms with E-state index < -0.39 is 6.09 Å². The summed E-state index contributed by atoms with van der Waals surface area (Å²) in [6.45, 7) is 13.3. The van der Waals surface area contributed by atoms with Crippen LogP contribution in [0.3, 0.4) is 0 Å². The number of aromatic nitrogens is 2. The van der Waals surface area contributed by atoms with E-state index in [1.165, 1.54) is 21.0 Å². The van der Waals surface area contributed by atoms with E-state index in [-0.39, 0.29) is 0 Å². The maximum Gasteiger partial charge on any atom is 0.404 e. The Bertz CT molecular complexity index is 777. The summed E-state index contributed by atoms with van der Waals surface area (Å²) in [5.74, 6) is 1.37. The molecule has 0 spiro atoms. The second-order valence-corrected chi connectivity index (χ2v) is 8.60. The average molecular weight is 390 g/mol. The minimum atomic E-state index is -0.726. The summed E-state index contributed by atoms with van der Waals surface area (Å²) in [6.07, 6.45) is 0.729. The first-order valence-corrected chi connectivity index (χ1v) is 10.3. The fraction of sp³-hybridized carbons (Fsp3) is 0.524. The van der Waals surface area contributed by atoms with Crippen LogP contribution in [0.15, 0.2) is 28.1 Å². The smallest absolute Gasteiger partial charge is 0.404 e. The van der Waals surface area contributed by atoms with Gasteiger partial charge in [0, 0.05) is 17.4 Å². The highest BCUT2D eigenvalue weighted by atomic mass is 32.2. The number of aryl methyl sites for hydroxylation is 3. The van der Waals surface area contributed by atoms with E-state index in [4.69, 9.17) is 15.5 Å². The molecule has 1 aromatic heterocycles. The van der Waals surface area contributed by atoms with E-state index in [1.807, 2.05) is 0 Å². The van der Waals surface area contributed by atoms with Gasteiger partial charge in [0.1, 0.15) is 10.9 Å². The number of rotatable bonds is 8. The van der Waals surface area contributed by atoms with Crippen molar-refractivity contribution < 1.29 is 9.53 Å². The summed E-state index contributed by atoms with van der Waals surface area (Å²) in [7, 11) is 0. The molecular weight excluding hydrogens is 358 g/mol. The summed E-state index contributed by atoms with van der Waals surface area (Å²) < 4.78 is 7.19. The van der Waals surface area contributed by atoms with Gasteiger partial charge in [0.05, 0.1) is 12.3 Å². The molecule has 5 nitrogen and oxygen atoms in total. The predicted octanol–water partition coefficient (Wildman–Crippen LogP) is 5.38. The second kappa shape index (κ2) is 9.31. The van der Waals surface area contributed by atoms with Gasteiger partial charge in [-0.3, -0.25) is 0 Å². The zero-order chi connectivity index (χ0) is 20.1. The third-order valence-corrected chi connectivity index (χ3v) is 5.30. The van der Waals surface area contributed by atoms with E-state index in [9.17, 15) is 4.79 Å². The molecule has 0 radical (unpaired) electrons. The first-order chi connectivity index (χ1) is 12.7. The fourth-order valence-electron chi connectivity index (χ4n) is 3.17. The molecule has 2 N–H and O–H groups in total. The number of ether oxygens (including phenoxy) is 1. The Kier molecular flexibility index (Phi) is 7.36. The van der Waals surface area contributed by atoms with Crippen LogP contribution >= 0.6 is 11.8 Å². The molecule has 6 heteroatoms. The number of hydrogen-bond donors (Lipinski definition) is 1. The average Bonchev–Trinajstić information content (AvgIpc) is 2.89. The van der Waals surface area contributed by atoms with Gasteiger partial charge >= 0.3 is 6.09 Å². The van der Waals surface area contributed by atoms with E-state index >= 15 is 0 Å². The Labute approximate surface area is 166 Å². The van der Waals surface area contributed by atoms with Crippen molar-refractivity contribution in [3.8, 4) is 0 Å². The lowest BCUT2D eigenvalue weighted by Crippen LogP contribution is -2.15. The lowest BCUT2D eigenvalue weighted by atomic mass is 10.1. The summed E-state index contributed by atoms with van der Waals surface area (Å²) in [5, 5.41) is 1.20. The fourth-order valence-corrected chi connectivity index (χ4v) is 4.69. The van der Waals surface area contributed by atoms with Gasteiger partial charge in [-0.1, -0.05) is 31.7 Å². The van der Waals surface area contributed by atoms with Gasteiger partial charge in [0.15, 0.2) is 0 Å². The van der Waals surface area contributed by atoms with Crippen LogP contribution in [-0.4, -0.2) is 22.3 Å². The predicted molar refractivity (Wildman–Crippen MR) is 111 cm³/mol. The van der Waals surface area contributed by atoms with Gasteiger partial charge in [-0.25, -0.2) is 9.78 Å². The van der Waals surface area contributed by atoms with Crippen LogP contribution in [0.5, 0.6) is 0 Å². The Balaban J connectivity index is 2.36. The lowest BCUT2D eigenvalue weighted by molar-refractivity contribution is 0.155. The number of benzene rings is 1. The van der Waals surface area contributed by atoms with Crippen molar-refractivity contribution in [3.63, 3.8) is 0 Å². The van der Waals surface area contributed by atoms with Crippen molar-refractivity contribution in [2.24, 2.45) is 5.73 Å². The van der Waals surface area contributed by atoms with Crippen LogP contribution in [0.4, 0.5) is 4.79 Å². The Morgan fingerprint density at radius 2 is 1.81 bits per heavy atom. The monoisotopic (exact) mass is 389 g/mol. The second-order valence-electron chi connectivity index (χ2n) is 7.53. The molecule has 0 saturated heterocycles. The first-order valence-electron chi connectivity index (χ1n) is 9.48. The Hall–Kier alpha value is -1.95. The molecule has 0 atom stereocenters. The Morgan fingerprint density at radius 1 is 1.19 bits per heavy atom. The van der Waals surface area contributed by atoms with Crippen LogP contribution in [0.25, 0.3) is 0 Å². The first kappa shape index (κ1) is 21.4. The number of primary amides is 1. The SMILES string of the molecule is Cc1cc(C)cc(Sc2c(C(C)C)nc(CCCOC(N)=O)n2C(C)C)c1. The number of carbonyl (C=O) groups is 1. The molecule has 0 saturated carbocycles. The lowest BCUT2D eigenvalue weighted by Gasteiger charge is -2.17. The largest absolute Gasteiger partial charge is 0.450 e. The van der Waals surface area contributed by atoms with Crippen molar-refractivity contribution in [3.05, 3.63) is 40.8 Å². The maximum atomic E-state index is 10.8. The van der Waals surface area contributed by atoms with Gasteiger partial charge in [-0.05, 0) is 63.3 Å². The van der Waals surface area contributed by atoms with Gasteiger partial charge in [-0.2, -0.15) is 0 Å². The number of imidazole rings is 1. The van der Waals surface area contributed by atoms with E-state index in [0.717, 1.165) is 17.9 Å². The molecule has 1 amide bonds. The van der Waals surface area contributed by atoms with E-state index in [2.05, 4.69) is 64.3 Å². The number of amides is 1. The van der Waals surface area contributed by atoms with E-state index in [1.54, 1.807) is 11.8 Å². The standard InChI is InChI=1S/C21H31N3O2S/c1-13(2)19-20(27-17-11-15(5)10-16(6)12-17)24(14(3)4)18(23-19)8-7-9-26-21(22)25/h10-14H,7-9H2,1-6H3,(H2,22,25). The Morgan fingerprint density at radius 3 is 2.33 bits per heavy atom. The van der Waals surface area contributed by atoms with Crippen LogP contribution in [0, 0.1) is 13.8 Å². The molecule has 0 fully saturated rings. The summed E-state index contributed by atoms with van der Waals surface area (Å²) in [5.41, 5.74) is 8.70. The highest BCUT2D eigenvalue weighted by Crippen LogP contribution is 2.37. The molecule has 0 aliphatic rings. The van der Waals surface area contributed by atoms with Crippen molar-refractivity contribution in [1.82, 2.24) is 9.55 Å². The van der Waals surface area contributed by atoms with Gasteiger partial charge in [0.2, 0.25) is 0 Å². The minimum Gasteiger partial charge on any atom is -0.450 e. The van der Waals surface area contributed by atoms with Crippen LogP contribution in [0.2, 0.25) is 0 Å². The summed E-state index contributed by atoms with van der Waals surface area (Å²) in [4.78, 5) is 17.0. The zero-order valence-electron chi connectivity index (χ0n) is 17.2. The van der Waals surface area contributed by atoms with Crippen molar-refractivity contribution in [1.29, 1.82) is 0 Å². The van der Waals surface area contributed by atoms with Gasteiger partial charge in [-0.15, -0.1) is 0 Å². The van der Waals surface area contributed by atoms with Gasteiger partial charge < -0.3 is 15.0 Å². The molecule has 2 rings (SSSR count). The molecule has 27 heavy (non-hydrogen) atoms. The maximum absolute atomic E-state index is 10.8. The topological polar surface area (TPSA) is 70.1 Å². The molecule has 0 bridgehead atoms. The van der Waals surface area contributed by atoms with Crippen LogP contribution in [0.1, 0.15) is 68.7 Å². The minimum absolute atomic E-state index is 0.297. The number of carbonyl (C=O) groups excluding carboxylic acids is 1. The normalized spacial score (nSPS) is 11.4. The highest BCUT2D eigenvalue weighted by Gasteiger charge is 2.22. The molecule has 0 aliphatic carbocycles. The molecule has 0 unspecified atom stereocenters. The molecule has 2 aromatic rings.